The molecule has 2 aromatic heterocycles. The summed E-state index contributed by atoms with van der Waals surface area (Å²) < 4.78 is 10.3. The molecular weight excluding hydrogens is 306 g/mol. The lowest BCUT2D eigenvalue weighted by Crippen LogP contribution is -2.13. The van der Waals surface area contributed by atoms with E-state index in [-0.39, 0.29) is 17.9 Å². The molecule has 0 aromatic carbocycles. The molecule has 7 heteroatoms. The summed E-state index contributed by atoms with van der Waals surface area (Å²) in [6.07, 6.45) is 0.596. The number of aryl methyl sites for hydroxylation is 1. The maximum Gasteiger partial charge on any atom is 0.339 e. The number of hydrogen-bond acceptors (Lipinski definition) is 5. The van der Waals surface area contributed by atoms with Crippen LogP contribution < -0.4 is 5.32 Å². The van der Waals surface area contributed by atoms with E-state index >= 15 is 0 Å². The number of carboxylic acids is 1. The molecule has 0 bridgehead atoms. The number of nitrogens with one attached hydrogen (secondary N) is 1. The van der Waals surface area contributed by atoms with Gasteiger partial charge in [0.15, 0.2) is 5.76 Å². The topological polar surface area (TPSA) is 88.8 Å². The number of carbonyl (C=O) groups excluding carboxylic acids is 1. The second-order valence-electron chi connectivity index (χ2n) is 4.65. The Morgan fingerprint density at radius 1 is 1.41 bits per heavy atom. The standard InChI is InChI=1S/C15H17NO5S/c1-4-10-8(2)22-14(12(10)15(18)19)16-13(17)11-6-5-9(21-11)7-20-3/h5-6H,4,7H2,1-3H3,(H,16,17)(H,18,19). The van der Waals surface area contributed by atoms with E-state index in [9.17, 15) is 14.7 Å². The van der Waals surface area contributed by atoms with Crippen LogP contribution in [0, 0.1) is 6.92 Å². The monoisotopic (exact) mass is 323 g/mol. The van der Waals surface area contributed by atoms with Crippen LogP contribution in [0.3, 0.4) is 0 Å². The second kappa shape index (κ2) is 6.76. The van der Waals surface area contributed by atoms with Crippen molar-refractivity contribution in [3.8, 4) is 0 Å². The summed E-state index contributed by atoms with van der Waals surface area (Å²) in [5, 5.41) is 12.3. The Labute approximate surface area is 131 Å². The van der Waals surface area contributed by atoms with Crippen molar-refractivity contribution in [1.29, 1.82) is 0 Å². The first-order chi connectivity index (χ1) is 10.5. The number of thiophene rings is 1. The van der Waals surface area contributed by atoms with Crippen molar-refractivity contribution in [2.45, 2.75) is 26.9 Å². The molecule has 2 heterocycles. The zero-order valence-corrected chi connectivity index (χ0v) is 13.4. The van der Waals surface area contributed by atoms with E-state index in [4.69, 9.17) is 9.15 Å². The Morgan fingerprint density at radius 2 is 2.14 bits per heavy atom. The number of anilines is 1. The lowest BCUT2D eigenvalue weighted by atomic mass is 10.1. The van der Waals surface area contributed by atoms with Gasteiger partial charge in [-0.25, -0.2) is 4.79 Å². The summed E-state index contributed by atoms with van der Waals surface area (Å²) >= 11 is 1.25. The number of aromatic carboxylic acids is 1. The zero-order chi connectivity index (χ0) is 16.3. The smallest absolute Gasteiger partial charge is 0.339 e. The first-order valence-corrected chi connectivity index (χ1v) is 7.54. The van der Waals surface area contributed by atoms with Gasteiger partial charge >= 0.3 is 5.97 Å². The van der Waals surface area contributed by atoms with E-state index in [1.54, 1.807) is 6.07 Å². The van der Waals surface area contributed by atoms with Crippen LogP contribution in [0.5, 0.6) is 0 Å². The average Bonchev–Trinajstić information content (AvgIpc) is 3.03. The maximum atomic E-state index is 12.2. The highest BCUT2D eigenvalue weighted by molar-refractivity contribution is 7.16. The van der Waals surface area contributed by atoms with Gasteiger partial charge in [0.05, 0.1) is 5.56 Å². The molecule has 2 aromatic rings. The van der Waals surface area contributed by atoms with E-state index in [1.807, 2.05) is 13.8 Å². The predicted octanol–water partition coefficient (Wildman–Crippen LogP) is 3.31. The Hall–Kier alpha value is -2.12. The molecule has 0 aliphatic rings. The highest BCUT2D eigenvalue weighted by Gasteiger charge is 2.23. The van der Waals surface area contributed by atoms with Crippen molar-refractivity contribution < 1.29 is 23.8 Å². The molecule has 118 valence electrons. The molecule has 22 heavy (non-hydrogen) atoms. The zero-order valence-electron chi connectivity index (χ0n) is 12.6. The van der Waals surface area contributed by atoms with Crippen LogP contribution in [0.15, 0.2) is 16.5 Å². The molecular formula is C15H17NO5S. The van der Waals surface area contributed by atoms with Gasteiger partial charge in [0.25, 0.3) is 5.91 Å². The van der Waals surface area contributed by atoms with Crippen molar-refractivity contribution >= 4 is 28.2 Å². The van der Waals surface area contributed by atoms with Crippen LogP contribution in [0.4, 0.5) is 5.00 Å². The molecule has 1 amide bonds. The van der Waals surface area contributed by atoms with Crippen LogP contribution in [-0.2, 0) is 17.8 Å². The summed E-state index contributed by atoms with van der Waals surface area (Å²) in [7, 11) is 1.53. The molecule has 0 saturated carbocycles. The van der Waals surface area contributed by atoms with E-state index in [0.29, 0.717) is 17.2 Å². The van der Waals surface area contributed by atoms with Crippen LogP contribution in [0.1, 0.15) is 44.0 Å². The summed E-state index contributed by atoms with van der Waals surface area (Å²) in [4.78, 5) is 24.5. The van der Waals surface area contributed by atoms with Crippen molar-refractivity contribution in [2.75, 3.05) is 12.4 Å². The third-order valence-electron chi connectivity index (χ3n) is 3.18. The maximum absolute atomic E-state index is 12.2. The van der Waals surface area contributed by atoms with Gasteiger partial charge in [-0.15, -0.1) is 11.3 Å². The number of amides is 1. The molecule has 2 rings (SSSR count). The number of furan rings is 1. The lowest BCUT2D eigenvalue weighted by molar-refractivity contribution is 0.0697. The third-order valence-corrected chi connectivity index (χ3v) is 4.24. The minimum absolute atomic E-state index is 0.118. The van der Waals surface area contributed by atoms with E-state index in [1.165, 1.54) is 24.5 Å². The Balaban J connectivity index is 2.26. The second-order valence-corrected chi connectivity index (χ2v) is 5.88. The number of carboxylic acid groups (broad SMARTS) is 1. The lowest BCUT2D eigenvalue weighted by Gasteiger charge is -2.03. The van der Waals surface area contributed by atoms with Gasteiger partial charge in [-0.1, -0.05) is 6.92 Å². The van der Waals surface area contributed by atoms with Gasteiger partial charge in [-0.3, -0.25) is 4.79 Å². The van der Waals surface area contributed by atoms with E-state index < -0.39 is 11.9 Å². The van der Waals surface area contributed by atoms with E-state index in [2.05, 4.69) is 5.32 Å². The highest BCUT2D eigenvalue weighted by Crippen LogP contribution is 2.33. The quantitative estimate of drug-likeness (QED) is 0.851. The molecule has 0 spiro atoms. The van der Waals surface area contributed by atoms with Gasteiger partial charge in [0.1, 0.15) is 17.4 Å². The number of ether oxygens (including phenoxy) is 1. The largest absolute Gasteiger partial charge is 0.478 e. The average molecular weight is 323 g/mol. The SMILES string of the molecule is CCc1c(C)sc(NC(=O)c2ccc(COC)o2)c1C(=O)O. The van der Waals surface area contributed by atoms with Gasteiger partial charge in [-0.2, -0.15) is 0 Å². The van der Waals surface area contributed by atoms with Gasteiger partial charge < -0.3 is 19.6 Å². The molecule has 6 nitrogen and oxygen atoms in total. The molecule has 2 N–H and O–H groups in total. The van der Waals surface area contributed by atoms with Crippen LogP contribution in [0.2, 0.25) is 0 Å². The summed E-state index contributed by atoms with van der Waals surface area (Å²) in [5.74, 6) is -0.875. The molecule has 0 aliphatic carbocycles. The van der Waals surface area contributed by atoms with E-state index in [0.717, 1.165) is 10.4 Å². The molecule has 0 unspecified atom stereocenters. The molecule has 0 saturated heterocycles. The third kappa shape index (κ3) is 3.20. The Morgan fingerprint density at radius 3 is 2.73 bits per heavy atom. The number of carbonyl (C=O) groups is 2. The fraction of sp³-hybridized carbons (Fsp3) is 0.333. The van der Waals surface area contributed by atoms with Crippen LogP contribution in [-0.4, -0.2) is 24.1 Å². The van der Waals surface area contributed by atoms with Crippen molar-refractivity contribution in [2.24, 2.45) is 0 Å². The summed E-state index contributed by atoms with van der Waals surface area (Å²) in [6.45, 7) is 4.00. The molecule has 0 radical (unpaired) electrons. The first kappa shape index (κ1) is 16.3. The summed E-state index contributed by atoms with van der Waals surface area (Å²) in [6, 6.07) is 3.18. The first-order valence-electron chi connectivity index (χ1n) is 6.72. The van der Waals surface area contributed by atoms with Gasteiger partial charge in [-0.05, 0) is 31.0 Å². The van der Waals surface area contributed by atoms with Crippen molar-refractivity contribution in [3.63, 3.8) is 0 Å². The molecule has 0 atom stereocenters. The van der Waals surface area contributed by atoms with Gasteiger partial charge in [0, 0.05) is 12.0 Å². The summed E-state index contributed by atoms with van der Waals surface area (Å²) in [5.41, 5.74) is 0.898. The Kier molecular flexibility index (Phi) is 4.99. The fourth-order valence-electron chi connectivity index (χ4n) is 2.20. The van der Waals surface area contributed by atoms with Crippen LogP contribution >= 0.6 is 11.3 Å². The Bertz CT molecular complexity index is 701. The molecule has 0 fully saturated rings. The molecule has 0 aliphatic heterocycles. The van der Waals surface area contributed by atoms with Crippen molar-refractivity contribution in [1.82, 2.24) is 0 Å². The van der Waals surface area contributed by atoms with Gasteiger partial charge in [0.2, 0.25) is 0 Å². The van der Waals surface area contributed by atoms with Crippen LogP contribution in [0.25, 0.3) is 0 Å². The van der Waals surface area contributed by atoms with Crippen molar-refractivity contribution in [3.05, 3.63) is 39.7 Å². The normalized spacial score (nSPS) is 10.7. The number of rotatable bonds is 6. The minimum atomic E-state index is -1.05. The number of methoxy groups -OCH3 is 1. The minimum Gasteiger partial charge on any atom is -0.478 e. The predicted molar refractivity (Wildman–Crippen MR) is 82.8 cm³/mol. The fourth-order valence-corrected chi connectivity index (χ4v) is 3.34. The number of hydrogen-bond donors (Lipinski definition) is 2. The highest BCUT2D eigenvalue weighted by atomic mass is 32.1.